The molecule has 0 unspecified atom stereocenters. The first-order valence-electron chi connectivity index (χ1n) is 8.48. The fraction of sp³-hybridized carbons (Fsp3) is 0.182. The van der Waals surface area contributed by atoms with E-state index in [-0.39, 0.29) is 17.2 Å². The maximum absolute atomic E-state index is 12.4. The van der Waals surface area contributed by atoms with Crippen LogP contribution in [-0.4, -0.2) is 19.6 Å². The second-order valence-corrected chi connectivity index (χ2v) is 6.11. The topological polar surface area (TPSA) is 71.3 Å². The molecule has 6 heteroatoms. The molecule has 2 rings (SSSR count). The molecule has 0 saturated heterocycles. The van der Waals surface area contributed by atoms with Gasteiger partial charge in [0.15, 0.2) is 11.5 Å². The van der Waals surface area contributed by atoms with Gasteiger partial charge in [0.05, 0.1) is 12.1 Å². The van der Waals surface area contributed by atoms with Crippen LogP contribution in [0, 0.1) is 23.7 Å². The number of hydrogen-bond donors (Lipinski definition) is 1. The Bertz CT molecular complexity index is 967. The van der Waals surface area contributed by atoms with Crippen molar-refractivity contribution in [1.82, 2.24) is 0 Å². The molecule has 2 aromatic rings. The second-order valence-electron chi connectivity index (χ2n) is 5.70. The van der Waals surface area contributed by atoms with Gasteiger partial charge in [-0.15, -0.1) is 6.42 Å². The fourth-order valence-electron chi connectivity index (χ4n) is 2.41. The van der Waals surface area contributed by atoms with E-state index in [2.05, 4.69) is 11.2 Å². The van der Waals surface area contributed by atoms with Gasteiger partial charge in [-0.25, -0.2) is 0 Å². The lowest BCUT2D eigenvalue weighted by molar-refractivity contribution is -0.112. The summed E-state index contributed by atoms with van der Waals surface area (Å²) in [6.07, 6.45) is 7.53. The third-order valence-corrected chi connectivity index (χ3v) is 4.13. The second kappa shape index (κ2) is 10.1. The quantitative estimate of drug-likeness (QED) is 0.427. The van der Waals surface area contributed by atoms with E-state index < -0.39 is 5.91 Å². The van der Waals surface area contributed by atoms with E-state index in [1.165, 1.54) is 13.2 Å². The number of carbonyl (C=O) groups is 1. The molecule has 5 nitrogen and oxygen atoms in total. The monoisotopic (exact) mass is 394 g/mol. The van der Waals surface area contributed by atoms with Crippen LogP contribution in [0.3, 0.4) is 0 Å². The number of aryl methyl sites for hydroxylation is 1. The summed E-state index contributed by atoms with van der Waals surface area (Å²) in [6, 6.07) is 12.5. The third kappa shape index (κ3) is 5.30. The van der Waals surface area contributed by atoms with E-state index in [1.807, 2.05) is 25.1 Å². The van der Waals surface area contributed by atoms with Crippen molar-refractivity contribution in [2.75, 3.05) is 19.0 Å². The molecule has 2 aromatic carbocycles. The van der Waals surface area contributed by atoms with Crippen molar-refractivity contribution in [3.8, 4) is 29.9 Å². The molecule has 0 aliphatic carbocycles. The Kier molecular flexibility index (Phi) is 7.51. The minimum Gasteiger partial charge on any atom is -0.493 e. The number of ether oxygens (including phenoxy) is 2. The number of anilines is 1. The van der Waals surface area contributed by atoms with E-state index in [9.17, 15) is 10.1 Å². The zero-order valence-electron chi connectivity index (χ0n) is 15.6. The lowest BCUT2D eigenvalue weighted by Gasteiger charge is -2.12. The number of carbonyl (C=O) groups excluding carboxylic acids is 1. The van der Waals surface area contributed by atoms with Crippen molar-refractivity contribution < 1.29 is 14.3 Å². The Hall–Kier alpha value is -3.41. The van der Waals surface area contributed by atoms with Crippen molar-refractivity contribution in [2.24, 2.45) is 0 Å². The Labute approximate surface area is 169 Å². The zero-order chi connectivity index (χ0) is 20.5. The molecular weight excluding hydrogens is 376 g/mol. The van der Waals surface area contributed by atoms with Crippen molar-refractivity contribution in [3.63, 3.8) is 0 Å². The van der Waals surface area contributed by atoms with Gasteiger partial charge < -0.3 is 14.8 Å². The highest BCUT2D eigenvalue weighted by Gasteiger charge is 2.14. The lowest BCUT2D eigenvalue weighted by atomic mass is 10.1. The summed E-state index contributed by atoms with van der Waals surface area (Å²) in [5.74, 6) is 2.49. The first-order valence-corrected chi connectivity index (χ1v) is 8.86. The van der Waals surface area contributed by atoms with Crippen molar-refractivity contribution >= 4 is 29.3 Å². The van der Waals surface area contributed by atoms with Gasteiger partial charge in [0.2, 0.25) is 0 Å². The van der Waals surface area contributed by atoms with Crippen LogP contribution in [0.5, 0.6) is 11.5 Å². The van der Waals surface area contributed by atoms with Crippen LogP contribution in [-0.2, 0) is 11.2 Å². The Balaban J connectivity index is 2.27. The first kappa shape index (κ1) is 20.9. The number of halogens is 1. The van der Waals surface area contributed by atoms with Crippen molar-refractivity contribution in [1.29, 1.82) is 5.26 Å². The SMILES string of the molecule is C#CCOc1c(Cl)cc(/C=C(\C#N)C(=O)Nc2ccc(CC)cc2)cc1OC. The van der Waals surface area contributed by atoms with E-state index in [0.717, 1.165) is 12.0 Å². The summed E-state index contributed by atoms with van der Waals surface area (Å²) in [6.45, 7) is 2.08. The van der Waals surface area contributed by atoms with Gasteiger partial charge in [-0.3, -0.25) is 4.79 Å². The summed E-state index contributed by atoms with van der Waals surface area (Å²) in [5, 5.41) is 12.4. The molecule has 28 heavy (non-hydrogen) atoms. The molecule has 0 aromatic heterocycles. The molecule has 0 spiro atoms. The highest BCUT2D eigenvalue weighted by Crippen LogP contribution is 2.37. The molecule has 142 valence electrons. The number of benzene rings is 2. The maximum atomic E-state index is 12.4. The average Bonchev–Trinajstić information content (AvgIpc) is 2.71. The standard InChI is InChI=1S/C22H19ClN2O3/c1-4-10-28-21-19(23)12-16(13-20(21)27-3)11-17(14-24)22(26)25-18-8-6-15(5-2)7-9-18/h1,6-9,11-13H,5,10H2,2-3H3,(H,25,26)/b17-11+. The predicted octanol–water partition coefficient (Wildman–Crippen LogP) is 4.47. The van der Waals surface area contributed by atoms with Crippen LogP contribution in [0.25, 0.3) is 6.08 Å². The Morgan fingerprint density at radius 3 is 2.61 bits per heavy atom. The fourth-order valence-corrected chi connectivity index (χ4v) is 2.69. The number of methoxy groups -OCH3 is 1. The van der Waals surface area contributed by atoms with Crippen LogP contribution in [0.2, 0.25) is 5.02 Å². The largest absolute Gasteiger partial charge is 0.493 e. The van der Waals surface area contributed by atoms with Crippen LogP contribution < -0.4 is 14.8 Å². The number of nitrogens with one attached hydrogen (secondary N) is 1. The third-order valence-electron chi connectivity index (χ3n) is 3.85. The van der Waals surface area contributed by atoms with Gasteiger partial charge in [0.25, 0.3) is 5.91 Å². The first-order chi connectivity index (χ1) is 13.5. The van der Waals surface area contributed by atoms with Crippen LogP contribution in [0.15, 0.2) is 42.0 Å². The molecule has 0 bridgehead atoms. The summed E-state index contributed by atoms with van der Waals surface area (Å²) < 4.78 is 10.6. The van der Waals surface area contributed by atoms with Crippen LogP contribution >= 0.6 is 11.6 Å². The molecule has 0 radical (unpaired) electrons. The van der Waals surface area contributed by atoms with Gasteiger partial charge in [-0.1, -0.05) is 36.6 Å². The molecule has 0 saturated carbocycles. The number of terminal acetylenes is 1. The molecule has 0 aliphatic heterocycles. The van der Waals surface area contributed by atoms with Gasteiger partial charge in [-0.05, 0) is 47.9 Å². The normalized spacial score (nSPS) is 10.5. The highest BCUT2D eigenvalue weighted by molar-refractivity contribution is 6.32. The molecule has 1 N–H and O–H groups in total. The average molecular weight is 395 g/mol. The summed E-state index contributed by atoms with van der Waals surface area (Å²) in [5.41, 5.74) is 2.21. The van der Waals surface area contributed by atoms with Gasteiger partial charge in [0, 0.05) is 5.69 Å². The van der Waals surface area contributed by atoms with Crippen LogP contribution in [0.4, 0.5) is 5.69 Å². The number of rotatable bonds is 7. The molecule has 0 fully saturated rings. The number of hydrogen-bond acceptors (Lipinski definition) is 4. The van der Waals surface area contributed by atoms with E-state index in [4.69, 9.17) is 27.5 Å². The van der Waals surface area contributed by atoms with Crippen LogP contribution in [0.1, 0.15) is 18.1 Å². The smallest absolute Gasteiger partial charge is 0.266 e. The Morgan fingerprint density at radius 2 is 2.04 bits per heavy atom. The van der Waals surface area contributed by atoms with E-state index in [1.54, 1.807) is 24.3 Å². The van der Waals surface area contributed by atoms with Crippen molar-refractivity contribution in [2.45, 2.75) is 13.3 Å². The molecule has 0 aliphatic rings. The molecular formula is C22H19ClN2O3. The zero-order valence-corrected chi connectivity index (χ0v) is 16.3. The van der Waals surface area contributed by atoms with Gasteiger partial charge in [-0.2, -0.15) is 5.26 Å². The van der Waals surface area contributed by atoms with E-state index in [0.29, 0.717) is 22.7 Å². The maximum Gasteiger partial charge on any atom is 0.266 e. The molecule has 0 heterocycles. The number of amides is 1. The predicted molar refractivity (Wildman–Crippen MR) is 110 cm³/mol. The summed E-state index contributed by atoms with van der Waals surface area (Å²) in [4.78, 5) is 12.4. The van der Waals surface area contributed by atoms with Gasteiger partial charge >= 0.3 is 0 Å². The minimum absolute atomic E-state index is 0.0357. The van der Waals surface area contributed by atoms with Crippen molar-refractivity contribution in [3.05, 3.63) is 58.1 Å². The van der Waals surface area contributed by atoms with Gasteiger partial charge in [0.1, 0.15) is 18.2 Å². The molecule has 0 atom stereocenters. The lowest BCUT2D eigenvalue weighted by Crippen LogP contribution is -2.13. The summed E-state index contributed by atoms with van der Waals surface area (Å²) in [7, 11) is 1.46. The summed E-state index contributed by atoms with van der Waals surface area (Å²) >= 11 is 6.23. The highest BCUT2D eigenvalue weighted by atomic mass is 35.5. The Morgan fingerprint density at radius 1 is 1.32 bits per heavy atom. The minimum atomic E-state index is -0.519. The number of nitrogens with zero attached hydrogens (tertiary/aromatic N) is 1. The number of nitriles is 1. The van der Waals surface area contributed by atoms with E-state index >= 15 is 0 Å². The molecule has 1 amide bonds.